The number of hydrogen-bond acceptors (Lipinski definition) is 4. The Hall–Kier alpha value is -3.19. The van der Waals surface area contributed by atoms with Gasteiger partial charge in [-0.05, 0) is 57.2 Å². The second-order valence-corrected chi connectivity index (χ2v) is 6.80. The third kappa shape index (κ3) is 3.03. The average Bonchev–Trinajstić information content (AvgIpc) is 3.16. The van der Waals surface area contributed by atoms with E-state index in [1.165, 1.54) is 0 Å². The highest BCUT2D eigenvalue weighted by Crippen LogP contribution is 2.22. The third-order valence-corrected chi connectivity index (χ3v) is 5.04. The van der Waals surface area contributed by atoms with Crippen LogP contribution < -0.4 is 5.32 Å². The van der Waals surface area contributed by atoms with Crippen LogP contribution >= 0.6 is 0 Å². The lowest BCUT2D eigenvalue weighted by atomic mass is 10.1. The Morgan fingerprint density at radius 1 is 1.00 bits per heavy atom. The second kappa shape index (κ2) is 7.09. The summed E-state index contributed by atoms with van der Waals surface area (Å²) in [6.45, 7) is 7.35. The Kier molecular flexibility index (Phi) is 4.60. The van der Waals surface area contributed by atoms with Gasteiger partial charge < -0.3 is 19.6 Å². The van der Waals surface area contributed by atoms with E-state index < -0.39 is 0 Å². The van der Waals surface area contributed by atoms with Crippen molar-refractivity contribution >= 4 is 33.7 Å². The number of imidazole rings is 2. The van der Waals surface area contributed by atoms with Gasteiger partial charge in [0.05, 0.1) is 28.7 Å². The van der Waals surface area contributed by atoms with Gasteiger partial charge in [0.2, 0.25) is 0 Å². The van der Waals surface area contributed by atoms with Crippen LogP contribution in [-0.4, -0.2) is 36.7 Å². The van der Waals surface area contributed by atoms with E-state index in [0.29, 0.717) is 17.8 Å². The maximum Gasteiger partial charge on any atom is 0.255 e. The van der Waals surface area contributed by atoms with E-state index in [2.05, 4.69) is 26.8 Å². The topological polar surface area (TPSA) is 85.0 Å². The van der Waals surface area contributed by atoms with E-state index in [0.717, 1.165) is 40.3 Å². The van der Waals surface area contributed by atoms with Crippen molar-refractivity contribution in [2.45, 2.75) is 33.9 Å². The number of nitrogens with zero attached hydrogens (tertiary/aromatic N) is 4. The fourth-order valence-corrected chi connectivity index (χ4v) is 3.70. The average molecular weight is 377 g/mol. The minimum absolute atomic E-state index is 0.0561. The van der Waals surface area contributed by atoms with Crippen LogP contribution in [0.4, 0.5) is 5.69 Å². The summed E-state index contributed by atoms with van der Waals surface area (Å²) in [5.74, 6) is 1.59. The normalized spacial score (nSPS) is 11.4. The highest BCUT2D eigenvalue weighted by atomic mass is 16.3. The molecule has 4 aromatic rings. The molecule has 0 aliphatic rings. The summed E-state index contributed by atoms with van der Waals surface area (Å²) in [7, 11) is 0. The number of aliphatic hydroxyl groups excluding tert-OH is 1. The van der Waals surface area contributed by atoms with Crippen molar-refractivity contribution in [3.63, 3.8) is 0 Å². The number of hydrogen-bond donors (Lipinski definition) is 2. The van der Waals surface area contributed by atoms with Crippen molar-refractivity contribution in [2.75, 3.05) is 11.9 Å². The number of aromatic nitrogens is 4. The van der Waals surface area contributed by atoms with E-state index in [1.54, 1.807) is 0 Å². The van der Waals surface area contributed by atoms with Gasteiger partial charge in [-0.25, -0.2) is 9.97 Å². The zero-order chi connectivity index (χ0) is 19.8. The predicted octanol–water partition coefficient (Wildman–Crippen LogP) is 3.27. The Labute approximate surface area is 162 Å². The summed E-state index contributed by atoms with van der Waals surface area (Å²) in [4.78, 5) is 21.8. The molecule has 2 aromatic carbocycles. The first-order chi connectivity index (χ1) is 13.5. The molecule has 144 valence electrons. The molecule has 0 aliphatic heterocycles. The van der Waals surface area contributed by atoms with Crippen molar-refractivity contribution in [2.24, 2.45) is 0 Å². The molecule has 7 nitrogen and oxygen atoms in total. The minimum atomic E-state index is -0.184. The lowest BCUT2D eigenvalue weighted by Crippen LogP contribution is -2.11. The number of benzene rings is 2. The van der Waals surface area contributed by atoms with Crippen LogP contribution in [0, 0.1) is 13.8 Å². The van der Waals surface area contributed by atoms with Crippen LogP contribution in [0.5, 0.6) is 0 Å². The molecule has 2 heterocycles. The molecule has 0 atom stereocenters. The molecule has 2 aromatic heterocycles. The largest absolute Gasteiger partial charge is 0.395 e. The van der Waals surface area contributed by atoms with E-state index in [9.17, 15) is 9.90 Å². The maximum absolute atomic E-state index is 12.7. The van der Waals surface area contributed by atoms with Crippen LogP contribution in [0.1, 0.15) is 28.9 Å². The van der Waals surface area contributed by atoms with Crippen molar-refractivity contribution in [3.8, 4) is 0 Å². The first-order valence-electron chi connectivity index (χ1n) is 9.37. The van der Waals surface area contributed by atoms with Crippen LogP contribution in [0.3, 0.4) is 0 Å². The van der Waals surface area contributed by atoms with Gasteiger partial charge in [-0.15, -0.1) is 0 Å². The first-order valence-corrected chi connectivity index (χ1v) is 9.37. The number of fused-ring (bicyclic) bond motifs is 2. The molecular weight excluding hydrogens is 354 g/mol. The molecule has 0 aliphatic carbocycles. The molecule has 7 heteroatoms. The second-order valence-electron chi connectivity index (χ2n) is 6.80. The quantitative estimate of drug-likeness (QED) is 0.559. The zero-order valence-corrected chi connectivity index (χ0v) is 16.2. The highest BCUT2D eigenvalue weighted by Gasteiger charge is 2.13. The first kappa shape index (κ1) is 18.2. The summed E-state index contributed by atoms with van der Waals surface area (Å²) in [6, 6.07) is 11.2. The molecule has 2 N–H and O–H groups in total. The Morgan fingerprint density at radius 2 is 1.64 bits per heavy atom. The number of aliphatic hydroxyl groups is 1. The van der Waals surface area contributed by atoms with Gasteiger partial charge in [-0.2, -0.15) is 0 Å². The van der Waals surface area contributed by atoms with Gasteiger partial charge in [0.25, 0.3) is 5.91 Å². The van der Waals surface area contributed by atoms with E-state index in [-0.39, 0.29) is 12.5 Å². The van der Waals surface area contributed by atoms with E-state index in [1.807, 2.05) is 54.8 Å². The molecule has 0 bridgehead atoms. The standard InChI is InChI=1S/C21H23N5O2/c1-4-25-13(2)22-17-11-15(5-7-19(17)25)21(28)24-16-6-8-20-18(12-16)23-14(3)26(20)9-10-27/h5-8,11-12,27H,4,9-10H2,1-3H3,(H,24,28). The Morgan fingerprint density at radius 3 is 2.36 bits per heavy atom. The van der Waals surface area contributed by atoms with Crippen molar-refractivity contribution in [3.05, 3.63) is 53.6 Å². The molecule has 28 heavy (non-hydrogen) atoms. The van der Waals surface area contributed by atoms with Crippen LogP contribution in [0.2, 0.25) is 0 Å². The maximum atomic E-state index is 12.7. The number of aryl methyl sites for hydroxylation is 3. The SMILES string of the molecule is CCn1c(C)nc2cc(C(=O)Nc3ccc4c(c3)nc(C)n4CCO)ccc21. The smallest absolute Gasteiger partial charge is 0.255 e. The monoisotopic (exact) mass is 377 g/mol. The van der Waals surface area contributed by atoms with Gasteiger partial charge in [0.1, 0.15) is 11.6 Å². The lowest BCUT2D eigenvalue weighted by molar-refractivity contribution is 0.102. The van der Waals surface area contributed by atoms with Gasteiger partial charge in [0.15, 0.2) is 0 Å². The third-order valence-electron chi connectivity index (χ3n) is 5.04. The Bertz CT molecular complexity index is 1190. The molecule has 1 amide bonds. The van der Waals surface area contributed by atoms with Crippen LogP contribution in [-0.2, 0) is 13.1 Å². The molecule has 0 spiro atoms. The van der Waals surface area contributed by atoms with Crippen molar-refractivity contribution in [1.29, 1.82) is 0 Å². The van der Waals surface area contributed by atoms with Gasteiger partial charge in [-0.3, -0.25) is 4.79 Å². The fourth-order valence-electron chi connectivity index (χ4n) is 3.70. The van der Waals surface area contributed by atoms with Crippen molar-refractivity contribution < 1.29 is 9.90 Å². The number of nitrogens with one attached hydrogen (secondary N) is 1. The number of carbonyl (C=O) groups is 1. The molecule has 0 fully saturated rings. The number of rotatable bonds is 5. The lowest BCUT2D eigenvalue weighted by Gasteiger charge is -2.07. The number of amides is 1. The number of anilines is 1. The minimum Gasteiger partial charge on any atom is -0.395 e. The zero-order valence-electron chi connectivity index (χ0n) is 16.2. The molecule has 0 saturated heterocycles. The molecule has 0 unspecified atom stereocenters. The highest BCUT2D eigenvalue weighted by molar-refractivity contribution is 6.06. The Balaban J connectivity index is 1.62. The van der Waals surface area contributed by atoms with Crippen LogP contribution in [0.25, 0.3) is 22.1 Å². The van der Waals surface area contributed by atoms with Gasteiger partial charge >= 0.3 is 0 Å². The molecular formula is C21H23N5O2. The van der Waals surface area contributed by atoms with E-state index in [4.69, 9.17) is 0 Å². The van der Waals surface area contributed by atoms with E-state index >= 15 is 0 Å². The summed E-state index contributed by atoms with van der Waals surface area (Å²) >= 11 is 0. The van der Waals surface area contributed by atoms with Crippen molar-refractivity contribution in [1.82, 2.24) is 19.1 Å². The summed E-state index contributed by atoms with van der Waals surface area (Å²) in [5.41, 5.74) is 4.82. The predicted molar refractivity (Wildman–Crippen MR) is 110 cm³/mol. The van der Waals surface area contributed by atoms with Gasteiger partial charge in [-0.1, -0.05) is 0 Å². The summed E-state index contributed by atoms with van der Waals surface area (Å²) < 4.78 is 4.08. The van der Waals surface area contributed by atoms with Gasteiger partial charge in [0, 0.05) is 24.3 Å². The molecule has 4 rings (SSSR count). The molecule has 0 radical (unpaired) electrons. The summed E-state index contributed by atoms with van der Waals surface area (Å²) in [6.07, 6.45) is 0. The summed E-state index contributed by atoms with van der Waals surface area (Å²) in [5, 5.41) is 12.2. The fraction of sp³-hybridized carbons (Fsp3) is 0.286. The number of carbonyl (C=O) groups excluding carboxylic acids is 1. The van der Waals surface area contributed by atoms with Crippen LogP contribution in [0.15, 0.2) is 36.4 Å². The molecule has 0 saturated carbocycles.